The van der Waals surface area contributed by atoms with Gasteiger partial charge in [0.25, 0.3) is 0 Å². The van der Waals surface area contributed by atoms with Crippen LogP contribution in [-0.2, 0) is 11.3 Å². The predicted octanol–water partition coefficient (Wildman–Crippen LogP) is 4.42. The molecule has 0 bridgehead atoms. The number of hydrogen-bond acceptors (Lipinski definition) is 7. The molecule has 164 valence electrons. The number of amides is 1. The molecule has 0 saturated carbocycles. The zero-order chi connectivity index (χ0) is 22.3. The van der Waals surface area contributed by atoms with Gasteiger partial charge in [0.15, 0.2) is 11.0 Å². The van der Waals surface area contributed by atoms with Crippen LogP contribution in [0.2, 0.25) is 0 Å². The first-order valence-electron chi connectivity index (χ1n) is 10.0. The van der Waals surface area contributed by atoms with Gasteiger partial charge >= 0.3 is 0 Å². The van der Waals surface area contributed by atoms with E-state index in [1.807, 2.05) is 35.8 Å². The van der Waals surface area contributed by atoms with E-state index in [4.69, 9.17) is 9.15 Å². The summed E-state index contributed by atoms with van der Waals surface area (Å²) in [4.78, 5) is 12.5. The van der Waals surface area contributed by atoms with Gasteiger partial charge in [-0.15, -0.1) is 10.2 Å². The molecule has 0 unspecified atom stereocenters. The van der Waals surface area contributed by atoms with Crippen LogP contribution in [0.25, 0.3) is 11.4 Å². The third kappa shape index (κ3) is 5.30. The van der Waals surface area contributed by atoms with Gasteiger partial charge < -0.3 is 19.6 Å². The fraction of sp³-hybridized carbons (Fsp3) is 0.174. The second-order valence-electron chi connectivity index (χ2n) is 6.81. The molecular formula is C23H22N4O4S. The van der Waals surface area contributed by atoms with E-state index >= 15 is 0 Å². The molecule has 2 aromatic heterocycles. The van der Waals surface area contributed by atoms with Crippen LogP contribution < -0.4 is 10.1 Å². The number of aromatic nitrogens is 3. The fourth-order valence-electron chi connectivity index (χ4n) is 3.05. The van der Waals surface area contributed by atoms with Gasteiger partial charge in [0.2, 0.25) is 5.91 Å². The molecule has 2 heterocycles. The van der Waals surface area contributed by atoms with Crippen molar-refractivity contribution >= 4 is 23.4 Å². The summed E-state index contributed by atoms with van der Waals surface area (Å²) in [7, 11) is 0. The Morgan fingerprint density at radius 2 is 1.91 bits per heavy atom. The Morgan fingerprint density at radius 1 is 1.12 bits per heavy atom. The molecule has 0 aliphatic rings. The average Bonchev–Trinajstić information content (AvgIpc) is 3.45. The van der Waals surface area contributed by atoms with E-state index in [0.717, 1.165) is 17.1 Å². The first-order valence-corrected chi connectivity index (χ1v) is 11.0. The zero-order valence-electron chi connectivity index (χ0n) is 17.4. The molecule has 4 aromatic rings. The average molecular weight is 451 g/mol. The van der Waals surface area contributed by atoms with Crippen LogP contribution in [0.3, 0.4) is 0 Å². The molecule has 0 aliphatic carbocycles. The quantitative estimate of drug-likeness (QED) is 0.364. The third-order valence-electron chi connectivity index (χ3n) is 4.52. The van der Waals surface area contributed by atoms with E-state index in [0.29, 0.717) is 29.8 Å². The lowest BCUT2D eigenvalue weighted by atomic mass is 10.2. The van der Waals surface area contributed by atoms with Crippen molar-refractivity contribution < 1.29 is 19.1 Å². The summed E-state index contributed by atoms with van der Waals surface area (Å²) in [5.74, 6) is 2.30. The van der Waals surface area contributed by atoms with E-state index in [9.17, 15) is 9.90 Å². The van der Waals surface area contributed by atoms with Crippen molar-refractivity contribution in [3.8, 4) is 22.9 Å². The topological polar surface area (TPSA) is 102 Å². The van der Waals surface area contributed by atoms with E-state index in [2.05, 4.69) is 15.5 Å². The largest absolute Gasteiger partial charge is 0.508 e. The van der Waals surface area contributed by atoms with Crippen molar-refractivity contribution in [3.63, 3.8) is 0 Å². The normalized spacial score (nSPS) is 10.8. The Morgan fingerprint density at radius 3 is 2.59 bits per heavy atom. The highest BCUT2D eigenvalue weighted by atomic mass is 32.2. The summed E-state index contributed by atoms with van der Waals surface area (Å²) in [5, 5.41) is 21.6. The van der Waals surface area contributed by atoms with Gasteiger partial charge in [-0.05, 0) is 67.6 Å². The number of carbonyl (C=O) groups is 1. The summed E-state index contributed by atoms with van der Waals surface area (Å²) >= 11 is 1.29. The highest BCUT2D eigenvalue weighted by molar-refractivity contribution is 7.99. The van der Waals surface area contributed by atoms with Gasteiger partial charge in [-0.3, -0.25) is 9.36 Å². The van der Waals surface area contributed by atoms with E-state index in [1.54, 1.807) is 42.7 Å². The summed E-state index contributed by atoms with van der Waals surface area (Å²) in [6.45, 7) is 2.93. The molecule has 0 saturated heterocycles. The molecule has 2 N–H and O–H groups in total. The smallest absolute Gasteiger partial charge is 0.234 e. The second-order valence-corrected chi connectivity index (χ2v) is 7.76. The van der Waals surface area contributed by atoms with Crippen LogP contribution in [0.4, 0.5) is 5.69 Å². The first kappa shape index (κ1) is 21.5. The molecule has 8 nitrogen and oxygen atoms in total. The minimum absolute atomic E-state index is 0.155. The number of nitrogens with zero attached hydrogens (tertiary/aromatic N) is 3. The number of thioether (sulfide) groups is 1. The van der Waals surface area contributed by atoms with Crippen molar-refractivity contribution in [2.45, 2.75) is 18.6 Å². The predicted molar refractivity (Wildman–Crippen MR) is 122 cm³/mol. The number of benzene rings is 2. The third-order valence-corrected chi connectivity index (χ3v) is 5.48. The van der Waals surface area contributed by atoms with Crippen molar-refractivity contribution in [2.75, 3.05) is 17.7 Å². The molecule has 0 radical (unpaired) electrons. The second kappa shape index (κ2) is 10.1. The highest BCUT2D eigenvalue weighted by Gasteiger charge is 2.17. The maximum atomic E-state index is 12.5. The number of anilines is 1. The molecule has 0 fully saturated rings. The molecular weight excluding hydrogens is 428 g/mol. The van der Waals surface area contributed by atoms with Gasteiger partial charge in [-0.2, -0.15) is 0 Å². The highest BCUT2D eigenvalue weighted by Crippen LogP contribution is 2.27. The van der Waals surface area contributed by atoms with Gasteiger partial charge in [0.1, 0.15) is 17.3 Å². The minimum Gasteiger partial charge on any atom is -0.508 e. The number of nitrogens with one attached hydrogen (secondary N) is 1. The SMILES string of the molecule is CCOc1ccc(NC(=O)CSc2nnc(-c3ccc(O)cc3)n2Cc2ccco2)cc1. The zero-order valence-corrected chi connectivity index (χ0v) is 18.2. The monoisotopic (exact) mass is 450 g/mol. The van der Waals surface area contributed by atoms with Crippen molar-refractivity contribution in [3.05, 3.63) is 72.7 Å². The minimum atomic E-state index is -0.155. The lowest BCUT2D eigenvalue weighted by Gasteiger charge is -2.10. The van der Waals surface area contributed by atoms with E-state index < -0.39 is 0 Å². The maximum absolute atomic E-state index is 12.5. The van der Waals surface area contributed by atoms with Crippen molar-refractivity contribution in [1.29, 1.82) is 0 Å². The van der Waals surface area contributed by atoms with Crippen LogP contribution in [0.15, 0.2) is 76.5 Å². The standard InChI is InChI=1S/C23H22N4O4S/c1-2-30-19-11-7-17(8-12-19)24-21(29)15-32-23-26-25-22(16-5-9-18(28)10-6-16)27(23)14-20-4-3-13-31-20/h3-13,28H,2,14-15H2,1H3,(H,24,29). The molecule has 32 heavy (non-hydrogen) atoms. The molecule has 1 amide bonds. The summed E-state index contributed by atoms with van der Waals surface area (Å²) in [5.41, 5.74) is 1.49. The lowest BCUT2D eigenvalue weighted by Crippen LogP contribution is -2.14. The van der Waals surface area contributed by atoms with Crippen LogP contribution in [-0.4, -0.2) is 38.1 Å². The number of furan rings is 1. The summed E-state index contributed by atoms with van der Waals surface area (Å²) < 4.78 is 12.8. The van der Waals surface area contributed by atoms with Crippen LogP contribution in [0.5, 0.6) is 11.5 Å². The number of carbonyl (C=O) groups excluding carboxylic acids is 1. The Balaban J connectivity index is 1.47. The van der Waals surface area contributed by atoms with Gasteiger partial charge in [0, 0.05) is 11.3 Å². The van der Waals surface area contributed by atoms with E-state index in [-0.39, 0.29) is 17.4 Å². The Labute approximate surface area is 189 Å². The molecule has 4 rings (SSSR count). The summed E-state index contributed by atoms with van der Waals surface area (Å²) in [6.07, 6.45) is 1.61. The van der Waals surface area contributed by atoms with Crippen molar-refractivity contribution in [1.82, 2.24) is 14.8 Å². The van der Waals surface area contributed by atoms with Crippen molar-refractivity contribution in [2.24, 2.45) is 0 Å². The Hall–Kier alpha value is -3.72. The number of aromatic hydroxyl groups is 1. The first-order chi connectivity index (χ1) is 15.6. The van der Waals surface area contributed by atoms with Gasteiger partial charge in [-0.25, -0.2) is 0 Å². The lowest BCUT2D eigenvalue weighted by molar-refractivity contribution is -0.113. The van der Waals surface area contributed by atoms with Crippen LogP contribution >= 0.6 is 11.8 Å². The van der Waals surface area contributed by atoms with Crippen LogP contribution in [0, 0.1) is 0 Å². The number of rotatable bonds is 9. The van der Waals surface area contributed by atoms with Crippen LogP contribution in [0.1, 0.15) is 12.7 Å². The number of phenolic OH excluding ortho intramolecular Hbond substituents is 1. The molecule has 0 atom stereocenters. The van der Waals surface area contributed by atoms with E-state index in [1.165, 1.54) is 11.8 Å². The molecule has 0 aliphatic heterocycles. The Kier molecular flexibility index (Phi) is 6.76. The number of phenols is 1. The summed E-state index contributed by atoms with van der Waals surface area (Å²) in [6, 6.07) is 17.6. The van der Waals surface area contributed by atoms with Gasteiger partial charge in [-0.1, -0.05) is 11.8 Å². The van der Waals surface area contributed by atoms with Gasteiger partial charge in [0.05, 0.1) is 25.2 Å². The number of ether oxygens (including phenoxy) is 1. The Bertz CT molecular complexity index is 1160. The fourth-order valence-corrected chi connectivity index (χ4v) is 3.79. The number of hydrogen-bond donors (Lipinski definition) is 2. The molecule has 2 aromatic carbocycles. The molecule has 9 heteroatoms. The maximum Gasteiger partial charge on any atom is 0.234 e. The molecule has 0 spiro atoms.